The quantitative estimate of drug-likeness (QED) is 0.492. The first-order valence-electron chi connectivity index (χ1n) is 9.80. The van der Waals surface area contributed by atoms with Crippen LogP contribution in [0.1, 0.15) is 37.0 Å². The zero-order chi connectivity index (χ0) is 20.5. The molecule has 1 saturated heterocycles. The summed E-state index contributed by atoms with van der Waals surface area (Å²) in [6, 6.07) is 6.00. The van der Waals surface area contributed by atoms with E-state index in [-0.39, 0.29) is 30.2 Å². The molecule has 1 aromatic carbocycles. The number of anilines is 1. The van der Waals surface area contributed by atoms with Gasteiger partial charge in [-0.15, -0.1) is 0 Å². The Morgan fingerprint density at radius 2 is 1.71 bits per heavy atom. The standard InChI is InChI=1S/C20H31N5O3/c1-14(2)18(21)20(28)23-13-17(26)24-16-7-5-15(6-8-16)19(27)22-9-12-25-10-3-4-11-25/h5-8,14,18H,3-4,9-13,21H2,1-2H3,(H,22,27)(H,23,28)(H,24,26)/t18-/m0/s1. The summed E-state index contributed by atoms with van der Waals surface area (Å²) in [5, 5.41) is 8.11. The van der Waals surface area contributed by atoms with Gasteiger partial charge >= 0.3 is 0 Å². The molecule has 0 aromatic heterocycles. The highest BCUT2D eigenvalue weighted by Crippen LogP contribution is 2.10. The van der Waals surface area contributed by atoms with Gasteiger partial charge in [0.05, 0.1) is 12.6 Å². The second kappa shape index (κ2) is 10.8. The molecule has 1 aromatic rings. The van der Waals surface area contributed by atoms with Crippen LogP contribution in [0.15, 0.2) is 24.3 Å². The fourth-order valence-corrected chi connectivity index (χ4v) is 2.93. The zero-order valence-electron chi connectivity index (χ0n) is 16.7. The lowest BCUT2D eigenvalue weighted by molar-refractivity contribution is -0.125. The Morgan fingerprint density at radius 3 is 2.32 bits per heavy atom. The van der Waals surface area contributed by atoms with E-state index in [2.05, 4.69) is 20.9 Å². The van der Waals surface area contributed by atoms with Crippen LogP contribution >= 0.6 is 0 Å². The normalized spacial score (nSPS) is 15.3. The van der Waals surface area contributed by atoms with E-state index in [0.717, 1.165) is 19.6 Å². The Morgan fingerprint density at radius 1 is 1.07 bits per heavy atom. The van der Waals surface area contributed by atoms with Crippen LogP contribution in [0.4, 0.5) is 5.69 Å². The van der Waals surface area contributed by atoms with Crippen molar-refractivity contribution in [3.63, 3.8) is 0 Å². The van der Waals surface area contributed by atoms with Gasteiger partial charge in [-0.25, -0.2) is 0 Å². The van der Waals surface area contributed by atoms with Crippen molar-refractivity contribution in [1.82, 2.24) is 15.5 Å². The molecule has 0 aliphatic carbocycles. The molecule has 1 heterocycles. The van der Waals surface area contributed by atoms with Crippen LogP contribution in [0.5, 0.6) is 0 Å². The lowest BCUT2D eigenvalue weighted by Crippen LogP contribution is -2.46. The molecule has 0 saturated carbocycles. The largest absolute Gasteiger partial charge is 0.351 e. The van der Waals surface area contributed by atoms with Gasteiger partial charge in [0.2, 0.25) is 11.8 Å². The van der Waals surface area contributed by atoms with Gasteiger partial charge in [0.25, 0.3) is 5.91 Å². The molecule has 154 valence electrons. The Hall–Kier alpha value is -2.45. The van der Waals surface area contributed by atoms with Crippen LogP contribution < -0.4 is 21.7 Å². The number of hydrogen-bond donors (Lipinski definition) is 4. The Kier molecular flexibility index (Phi) is 8.41. The van der Waals surface area contributed by atoms with Crippen molar-refractivity contribution < 1.29 is 14.4 Å². The number of nitrogens with one attached hydrogen (secondary N) is 3. The molecule has 1 aliphatic heterocycles. The first kappa shape index (κ1) is 21.8. The third kappa shape index (κ3) is 6.94. The molecule has 1 aliphatic rings. The molecule has 0 radical (unpaired) electrons. The lowest BCUT2D eigenvalue weighted by atomic mass is 10.1. The van der Waals surface area contributed by atoms with E-state index in [1.54, 1.807) is 24.3 Å². The molecule has 28 heavy (non-hydrogen) atoms. The van der Waals surface area contributed by atoms with Crippen LogP contribution in [-0.4, -0.2) is 61.4 Å². The summed E-state index contributed by atoms with van der Waals surface area (Å²) < 4.78 is 0. The number of carbonyl (C=O) groups is 3. The molecule has 5 N–H and O–H groups in total. The molecule has 1 atom stereocenters. The van der Waals surface area contributed by atoms with Crippen LogP contribution in [0.25, 0.3) is 0 Å². The van der Waals surface area contributed by atoms with Gasteiger partial charge in [0.15, 0.2) is 0 Å². The van der Waals surface area contributed by atoms with Crippen molar-refractivity contribution >= 4 is 23.4 Å². The average Bonchev–Trinajstić information content (AvgIpc) is 3.19. The minimum atomic E-state index is -0.643. The summed E-state index contributed by atoms with van der Waals surface area (Å²) in [5.41, 5.74) is 6.82. The highest BCUT2D eigenvalue weighted by molar-refractivity contribution is 5.97. The van der Waals surface area contributed by atoms with Crippen molar-refractivity contribution in [1.29, 1.82) is 0 Å². The van der Waals surface area contributed by atoms with Crippen molar-refractivity contribution in [2.75, 3.05) is 38.0 Å². The molecule has 2 rings (SSSR count). The Balaban J connectivity index is 1.72. The number of nitrogens with zero attached hydrogens (tertiary/aromatic N) is 1. The van der Waals surface area contributed by atoms with Crippen LogP contribution in [0, 0.1) is 5.92 Å². The second-order valence-electron chi connectivity index (χ2n) is 7.42. The Bertz CT molecular complexity index is 669. The van der Waals surface area contributed by atoms with Crippen LogP contribution in [0.2, 0.25) is 0 Å². The molecular weight excluding hydrogens is 358 g/mol. The van der Waals surface area contributed by atoms with E-state index in [4.69, 9.17) is 5.73 Å². The van der Waals surface area contributed by atoms with E-state index >= 15 is 0 Å². The van der Waals surface area contributed by atoms with E-state index in [0.29, 0.717) is 17.8 Å². The molecular formula is C20H31N5O3. The number of hydrogen-bond acceptors (Lipinski definition) is 5. The fourth-order valence-electron chi connectivity index (χ4n) is 2.93. The molecule has 0 unspecified atom stereocenters. The second-order valence-corrected chi connectivity index (χ2v) is 7.42. The number of rotatable bonds is 9. The number of amides is 3. The lowest BCUT2D eigenvalue weighted by Gasteiger charge is -2.15. The highest BCUT2D eigenvalue weighted by atomic mass is 16.2. The number of carbonyl (C=O) groups excluding carboxylic acids is 3. The number of likely N-dealkylation sites (tertiary alicyclic amines) is 1. The maximum atomic E-state index is 12.2. The van der Waals surface area contributed by atoms with Gasteiger partial charge in [-0.3, -0.25) is 14.4 Å². The van der Waals surface area contributed by atoms with Crippen LogP contribution in [0.3, 0.4) is 0 Å². The van der Waals surface area contributed by atoms with Crippen molar-refractivity contribution in [2.45, 2.75) is 32.7 Å². The topological polar surface area (TPSA) is 117 Å². The van der Waals surface area contributed by atoms with Gasteiger partial charge in [-0.2, -0.15) is 0 Å². The van der Waals surface area contributed by atoms with Gasteiger partial charge in [-0.1, -0.05) is 13.8 Å². The van der Waals surface area contributed by atoms with Crippen molar-refractivity contribution in [2.24, 2.45) is 11.7 Å². The smallest absolute Gasteiger partial charge is 0.251 e. The van der Waals surface area contributed by atoms with Gasteiger partial charge < -0.3 is 26.6 Å². The van der Waals surface area contributed by atoms with Crippen LogP contribution in [-0.2, 0) is 9.59 Å². The highest BCUT2D eigenvalue weighted by Gasteiger charge is 2.17. The summed E-state index contributed by atoms with van der Waals surface area (Å²) in [6.07, 6.45) is 2.46. The van der Waals surface area contributed by atoms with E-state index in [9.17, 15) is 14.4 Å². The summed E-state index contributed by atoms with van der Waals surface area (Å²) in [7, 11) is 0. The predicted octanol–water partition coefficient (Wildman–Crippen LogP) is 0.550. The molecule has 8 nitrogen and oxygen atoms in total. The van der Waals surface area contributed by atoms with E-state index < -0.39 is 6.04 Å². The summed E-state index contributed by atoms with van der Waals surface area (Å²) in [4.78, 5) is 38.2. The summed E-state index contributed by atoms with van der Waals surface area (Å²) in [5.74, 6) is -0.845. The maximum Gasteiger partial charge on any atom is 0.251 e. The maximum absolute atomic E-state index is 12.2. The molecule has 0 bridgehead atoms. The van der Waals surface area contributed by atoms with Crippen molar-refractivity contribution in [3.8, 4) is 0 Å². The minimum Gasteiger partial charge on any atom is -0.351 e. The fraction of sp³-hybridized carbons (Fsp3) is 0.550. The molecule has 1 fully saturated rings. The summed E-state index contributed by atoms with van der Waals surface area (Å²) in [6.45, 7) is 7.23. The molecule has 3 amide bonds. The number of nitrogens with two attached hydrogens (primary N) is 1. The van der Waals surface area contributed by atoms with Gasteiger partial charge in [0.1, 0.15) is 0 Å². The summed E-state index contributed by atoms with van der Waals surface area (Å²) >= 11 is 0. The van der Waals surface area contributed by atoms with Crippen molar-refractivity contribution in [3.05, 3.63) is 29.8 Å². The third-order valence-electron chi connectivity index (χ3n) is 4.79. The van der Waals surface area contributed by atoms with E-state index in [1.807, 2.05) is 13.8 Å². The first-order chi connectivity index (χ1) is 13.4. The molecule has 8 heteroatoms. The SMILES string of the molecule is CC(C)[C@H](N)C(=O)NCC(=O)Nc1ccc(C(=O)NCCN2CCCC2)cc1. The first-order valence-corrected chi connectivity index (χ1v) is 9.80. The van der Waals surface area contributed by atoms with Gasteiger partial charge in [-0.05, 0) is 56.1 Å². The number of benzene rings is 1. The third-order valence-corrected chi connectivity index (χ3v) is 4.79. The Labute approximate surface area is 166 Å². The monoisotopic (exact) mass is 389 g/mol. The van der Waals surface area contributed by atoms with Gasteiger partial charge in [0, 0.05) is 24.3 Å². The minimum absolute atomic E-state index is 0.00268. The molecule has 0 spiro atoms. The average molecular weight is 390 g/mol. The van der Waals surface area contributed by atoms with E-state index in [1.165, 1.54) is 12.8 Å². The zero-order valence-corrected chi connectivity index (χ0v) is 16.7. The predicted molar refractivity (Wildman–Crippen MR) is 109 cm³/mol.